The molecule has 1 saturated heterocycles. The molecule has 2 aromatic rings. The Kier molecular flexibility index (Phi) is 5.11. The van der Waals surface area contributed by atoms with Crippen molar-refractivity contribution in [3.8, 4) is 0 Å². The van der Waals surface area contributed by atoms with Gasteiger partial charge in [-0.2, -0.15) is 0 Å². The van der Waals surface area contributed by atoms with Gasteiger partial charge in [0.15, 0.2) is 0 Å². The number of amides is 1. The summed E-state index contributed by atoms with van der Waals surface area (Å²) in [5, 5.41) is 11.6. The maximum absolute atomic E-state index is 12.9. The van der Waals surface area contributed by atoms with Crippen LogP contribution in [0.2, 0.25) is 0 Å². The Morgan fingerprint density at radius 3 is 2.38 bits per heavy atom. The van der Waals surface area contributed by atoms with Gasteiger partial charge >= 0.3 is 0 Å². The number of carbonyl (C=O) groups excluding carboxylic acids is 2. The molecule has 4 nitrogen and oxygen atoms in total. The van der Waals surface area contributed by atoms with E-state index in [4.69, 9.17) is 0 Å². The second-order valence-corrected chi connectivity index (χ2v) is 7.17. The van der Waals surface area contributed by atoms with Gasteiger partial charge in [0.25, 0.3) is 5.91 Å². The lowest BCUT2D eigenvalue weighted by Gasteiger charge is -2.33. The van der Waals surface area contributed by atoms with E-state index in [9.17, 15) is 14.7 Å². The summed E-state index contributed by atoms with van der Waals surface area (Å²) in [6.45, 7) is 3.04. The van der Waals surface area contributed by atoms with Gasteiger partial charge in [0.2, 0.25) is 5.78 Å². The van der Waals surface area contributed by atoms with Crippen molar-refractivity contribution in [3.05, 3.63) is 57.8 Å². The Bertz CT molecular complexity index is 716. The summed E-state index contributed by atoms with van der Waals surface area (Å²) < 4.78 is 0. The molecule has 1 aromatic heterocycles. The number of rotatable bonds is 4. The second-order valence-electron chi connectivity index (χ2n) is 6.22. The third-order valence-corrected chi connectivity index (χ3v) is 5.52. The van der Waals surface area contributed by atoms with E-state index in [0.29, 0.717) is 29.1 Å². The maximum Gasteiger partial charge on any atom is 0.254 e. The van der Waals surface area contributed by atoms with Gasteiger partial charge in [-0.3, -0.25) is 9.59 Å². The van der Waals surface area contributed by atoms with Crippen molar-refractivity contribution in [2.45, 2.75) is 25.9 Å². The summed E-state index contributed by atoms with van der Waals surface area (Å²) in [7, 11) is 0. The van der Waals surface area contributed by atoms with E-state index in [2.05, 4.69) is 0 Å². The van der Waals surface area contributed by atoms with E-state index in [0.717, 1.165) is 12.8 Å². The first-order chi connectivity index (χ1) is 11.6. The number of aliphatic hydroxyl groups excluding tert-OH is 1. The van der Waals surface area contributed by atoms with Crippen molar-refractivity contribution in [2.75, 3.05) is 13.1 Å². The molecule has 24 heavy (non-hydrogen) atoms. The van der Waals surface area contributed by atoms with Crippen molar-refractivity contribution >= 4 is 23.0 Å². The van der Waals surface area contributed by atoms with E-state index < -0.39 is 0 Å². The van der Waals surface area contributed by atoms with E-state index in [1.807, 2.05) is 11.4 Å². The SMILES string of the molecule is CC(O)C1CCN(C(=O)c2ccccc2C(=O)c2cccs2)CC1. The third kappa shape index (κ3) is 3.42. The van der Waals surface area contributed by atoms with Crippen molar-refractivity contribution in [1.82, 2.24) is 4.90 Å². The number of nitrogens with zero attached hydrogens (tertiary/aromatic N) is 1. The zero-order chi connectivity index (χ0) is 17.1. The predicted octanol–water partition coefficient (Wildman–Crippen LogP) is 3.21. The monoisotopic (exact) mass is 343 g/mol. The molecule has 1 amide bonds. The molecule has 3 rings (SSSR count). The highest BCUT2D eigenvalue weighted by Gasteiger charge is 2.28. The molecule has 1 fully saturated rings. The van der Waals surface area contributed by atoms with Crippen LogP contribution in [0.3, 0.4) is 0 Å². The Balaban J connectivity index is 1.80. The highest BCUT2D eigenvalue weighted by molar-refractivity contribution is 7.12. The van der Waals surface area contributed by atoms with Crippen LogP contribution in [0.1, 0.15) is 45.4 Å². The highest BCUT2D eigenvalue weighted by atomic mass is 32.1. The first-order valence-electron chi connectivity index (χ1n) is 8.22. The molecular weight excluding hydrogens is 322 g/mol. The quantitative estimate of drug-likeness (QED) is 0.867. The summed E-state index contributed by atoms with van der Waals surface area (Å²) >= 11 is 1.38. The van der Waals surface area contributed by atoms with E-state index in [1.54, 1.807) is 42.2 Å². The van der Waals surface area contributed by atoms with Crippen LogP contribution in [0.5, 0.6) is 0 Å². The van der Waals surface area contributed by atoms with E-state index in [-0.39, 0.29) is 23.7 Å². The van der Waals surface area contributed by atoms with Crippen LogP contribution in [0.25, 0.3) is 0 Å². The Morgan fingerprint density at radius 2 is 1.79 bits per heavy atom. The molecule has 1 N–H and O–H groups in total. The number of thiophene rings is 1. The van der Waals surface area contributed by atoms with Crippen LogP contribution in [-0.2, 0) is 0 Å². The molecule has 1 aromatic carbocycles. The molecule has 0 bridgehead atoms. The number of hydrogen-bond donors (Lipinski definition) is 1. The zero-order valence-electron chi connectivity index (χ0n) is 13.6. The molecule has 0 aliphatic carbocycles. The molecule has 5 heteroatoms. The number of likely N-dealkylation sites (tertiary alicyclic amines) is 1. The summed E-state index contributed by atoms with van der Waals surface area (Å²) in [6, 6.07) is 10.6. The lowest BCUT2D eigenvalue weighted by atomic mass is 9.91. The minimum atomic E-state index is -0.338. The minimum Gasteiger partial charge on any atom is -0.393 e. The average Bonchev–Trinajstić information content (AvgIpc) is 3.15. The molecule has 1 aliphatic heterocycles. The molecule has 1 atom stereocenters. The normalized spacial score (nSPS) is 16.8. The molecule has 0 saturated carbocycles. The summed E-state index contributed by atoms with van der Waals surface area (Å²) in [4.78, 5) is 28.0. The van der Waals surface area contributed by atoms with Crippen LogP contribution in [0, 0.1) is 5.92 Å². The van der Waals surface area contributed by atoms with Crippen molar-refractivity contribution in [3.63, 3.8) is 0 Å². The van der Waals surface area contributed by atoms with E-state index in [1.165, 1.54) is 11.3 Å². The predicted molar refractivity (Wildman–Crippen MR) is 94.5 cm³/mol. The van der Waals surface area contributed by atoms with Crippen molar-refractivity contribution in [1.29, 1.82) is 0 Å². The fourth-order valence-corrected chi connectivity index (χ4v) is 3.84. The van der Waals surface area contributed by atoms with Crippen LogP contribution in [0.4, 0.5) is 0 Å². The zero-order valence-corrected chi connectivity index (χ0v) is 14.5. The number of aliphatic hydroxyl groups is 1. The number of ketones is 1. The van der Waals surface area contributed by atoms with Gasteiger partial charge in [0.1, 0.15) is 0 Å². The first kappa shape index (κ1) is 16.9. The van der Waals surface area contributed by atoms with Gasteiger partial charge in [-0.25, -0.2) is 0 Å². The summed E-state index contributed by atoms with van der Waals surface area (Å²) in [5.41, 5.74) is 0.925. The highest BCUT2D eigenvalue weighted by Crippen LogP contribution is 2.24. The first-order valence-corrected chi connectivity index (χ1v) is 9.10. The molecule has 1 aliphatic rings. The number of piperidine rings is 1. The molecule has 2 heterocycles. The lowest BCUT2D eigenvalue weighted by molar-refractivity contribution is 0.0520. The van der Waals surface area contributed by atoms with Gasteiger partial charge in [-0.05, 0) is 43.2 Å². The Morgan fingerprint density at radius 1 is 1.12 bits per heavy atom. The van der Waals surface area contributed by atoms with Crippen molar-refractivity contribution < 1.29 is 14.7 Å². The number of benzene rings is 1. The van der Waals surface area contributed by atoms with Gasteiger partial charge in [-0.1, -0.05) is 24.3 Å². The number of carbonyl (C=O) groups is 2. The molecule has 0 spiro atoms. The lowest BCUT2D eigenvalue weighted by Crippen LogP contribution is -2.41. The third-order valence-electron chi connectivity index (χ3n) is 4.66. The van der Waals surface area contributed by atoms with Gasteiger partial charge in [0.05, 0.1) is 16.5 Å². The summed E-state index contributed by atoms with van der Waals surface area (Å²) in [5.74, 6) is 0.0457. The second kappa shape index (κ2) is 7.28. The van der Waals surface area contributed by atoms with Crippen LogP contribution < -0.4 is 0 Å². The molecule has 1 unspecified atom stereocenters. The Hall–Kier alpha value is -1.98. The van der Waals surface area contributed by atoms with Gasteiger partial charge in [0, 0.05) is 18.7 Å². The Labute approximate surface area is 145 Å². The largest absolute Gasteiger partial charge is 0.393 e. The van der Waals surface area contributed by atoms with E-state index >= 15 is 0 Å². The molecule has 126 valence electrons. The van der Waals surface area contributed by atoms with Crippen molar-refractivity contribution in [2.24, 2.45) is 5.92 Å². The number of hydrogen-bond acceptors (Lipinski definition) is 4. The average molecular weight is 343 g/mol. The van der Waals surface area contributed by atoms with Gasteiger partial charge in [-0.15, -0.1) is 11.3 Å². The fourth-order valence-electron chi connectivity index (χ4n) is 3.16. The molecule has 0 radical (unpaired) electrons. The smallest absolute Gasteiger partial charge is 0.254 e. The fraction of sp³-hybridized carbons (Fsp3) is 0.368. The molecular formula is C19H21NO3S. The topological polar surface area (TPSA) is 57.6 Å². The van der Waals surface area contributed by atoms with Gasteiger partial charge < -0.3 is 10.0 Å². The van der Waals surface area contributed by atoms with Crippen LogP contribution >= 0.6 is 11.3 Å². The van der Waals surface area contributed by atoms with Crippen LogP contribution in [-0.4, -0.2) is 40.9 Å². The standard InChI is InChI=1S/C19H21NO3S/c1-13(21)14-8-10-20(11-9-14)19(23)16-6-3-2-5-15(16)18(22)17-7-4-12-24-17/h2-7,12-14,21H,8-11H2,1H3. The minimum absolute atomic E-state index is 0.0976. The van der Waals surface area contributed by atoms with Crippen LogP contribution in [0.15, 0.2) is 41.8 Å². The maximum atomic E-state index is 12.9. The summed E-state index contributed by atoms with van der Waals surface area (Å²) in [6.07, 6.45) is 1.25.